The summed E-state index contributed by atoms with van der Waals surface area (Å²) < 4.78 is 1.69. The van der Waals surface area contributed by atoms with Gasteiger partial charge >= 0.3 is 17.8 Å². The van der Waals surface area contributed by atoms with Gasteiger partial charge in [0.05, 0.1) is 0 Å². The van der Waals surface area contributed by atoms with Crippen LogP contribution >= 0.6 is 0 Å². The van der Waals surface area contributed by atoms with Gasteiger partial charge in [0.15, 0.2) is 0 Å². The number of carbonyl (C=O) groups is 3. The third kappa shape index (κ3) is 1.92. The van der Waals surface area contributed by atoms with E-state index in [2.05, 4.69) is 5.10 Å². The minimum absolute atomic E-state index is 0.219. The molecule has 0 bridgehead atoms. The lowest BCUT2D eigenvalue weighted by atomic mass is 10.4. The van der Waals surface area contributed by atoms with Gasteiger partial charge in [-0.3, -0.25) is 24.5 Å². The summed E-state index contributed by atoms with van der Waals surface area (Å²) in [5.74, 6) is -1.64. The van der Waals surface area contributed by atoms with Gasteiger partial charge < -0.3 is 0 Å². The number of amides is 4. The van der Waals surface area contributed by atoms with Crippen LogP contribution in [0.3, 0.4) is 0 Å². The Kier molecular flexibility index (Phi) is 2.67. The minimum atomic E-state index is -0.857. The van der Waals surface area contributed by atoms with E-state index >= 15 is 0 Å². The van der Waals surface area contributed by atoms with Crippen LogP contribution in [0.25, 0.3) is 0 Å². The summed E-state index contributed by atoms with van der Waals surface area (Å²) in [5, 5.41) is 5.92. The van der Waals surface area contributed by atoms with Crippen LogP contribution < -0.4 is 5.32 Å². The highest BCUT2D eigenvalue weighted by molar-refractivity contribution is 6.44. The van der Waals surface area contributed by atoms with Gasteiger partial charge in [0.2, 0.25) is 0 Å². The van der Waals surface area contributed by atoms with E-state index < -0.39 is 17.8 Å². The van der Waals surface area contributed by atoms with Gasteiger partial charge in [0, 0.05) is 25.5 Å². The fourth-order valence-corrected chi connectivity index (χ4v) is 1.46. The first-order valence-electron chi connectivity index (χ1n) is 4.83. The van der Waals surface area contributed by atoms with E-state index in [1.807, 2.05) is 5.32 Å². The quantitative estimate of drug-likeness (QED) is 0.542. The second kappa shape index (κ2) is 4.13. The number of aromatic nitrogens is 2. The highest BCUT2D eigenvalue weighted by atomic mass is 16.2. The zero-order valence-corrected chi connectivity index (χ0v) is 8.42. The molecule has 0 saturated carbocycles. The molecule has 0 aliphatic carbocycles. The maximum absolute atomic E-state index is 11.2. The molecule has 1 aromatic heterocycles. The van der Waals surface area contributed by atoms with Crippen molar-refractivity contribution in [1.82, 2.24) is 20.0 Å². The summed E-state index contributed by atoms with van der Waals surface area (Å²) >= 11 is 0. The first-order valence-corrected chi connectivity index (χ1v) is 4.83. The number of carbonyl (C=O) groups excluding carboxylic acids is 3. The third-order valence-corrected chi connectivity index (χ3v) is 2.23. The second-order valence-electron chi connectivity index (χ2n) is 3.34. The fourth-order valence-electron chi connectivity index (χ4n) is 1.46. The number of hydrogen-bond acceptors (Lipinski definition) is 4. The number of rotatable bonds is 4. The number of imide groups is 2. The Morgan fingerprint density at radius 3 is 2.62 bits per heavy atom. The molecular formula is C9H10N4O3. The molecule has 0 radical (unpaired) electrons. The molecule has 16 heavy (non-hydrogen) atoms. The van der Waals surface area contributed by atoms with Crippen molar-refractivity contribution < 1.29 is 14.4 Å². The predicted molar refractivity (Wildman–Crippen MR) is 52.1 cm³/mol. The number of nitrogens with one attached hydrogen (secondary N) is 1. The largest absolute Gasteiger partial charge is 0.331 e. The van der Waals surface area contributed by atoms with Gasteiger partial charge in [-0.2, -0.15) is 5.10 Å². The van der Waals surface area contributed by atoms with E-state index in [4.69, 9.17) is 0 Å². The lowest BCUT2D eigenvalue weighted by molar-refractivity contribution is -0.140. The van der Waals surface area contributed by atoms with Gasteiger partial charge in [0.25, 0.3) is 0 Å². The van der Waals surface area contributed by atoms with Crippen molar-refractivity contribution in [2.75, 3.05) is 6.54 Å². The molecule has 7 nitrogen and oxygen atoms in total. The maximum atomic E-state index is 11.2. The highest BCUT2D eigenvalue weighted by Crippen LogP contribution is 2.02. The zero-order valence-electron chi connectivity index (χ0n) is 8.42. The number of urea groups is 1. The molecule has 0 atom stereocenters. The zero-order chi connectivity index (χ0) is 11.5. The van der Waals surface area contributed by atoms with Crippen LogP contribution in [0.4, 0.5) is 4.79 Å². The lowest BCUT2D eigenvalue weighted by Crippen LogP contribution is -2.32. The van der Waals surface area contributed by atoms with Crippen molar-refractivity contribution in [3.05, 3.63) is 18.5 Å². The molecule has 0 spiro atoms. The third-order valence-electron chi connectivity index (χ3n) is 2.23. The van der Waals surface area contributed by atoms with Crippen LogP contribution in [-0.4, -0.2) is 39.1 Å². The van der Waals surface area contributed by atoms with Crippen LogP contribution in [0.1, 0.15) is 6.42 Å². The summed E-state index contributed by atoms with van der Waals surface area (Å²) in [5.41, 5.74) is 0. The van der Waals surface area contributed by atoms with Crippen molar-refractivity contribution >= 4 is 17.8 Å². The Bertz CT molecular complexity index is 426. The van der Waals surface area contributed by atoms with E-state index in [0.717, 1.165) is 4.90 Å². The summed E-state index contributed by atoms with van der Waals surface area (Å²) in [6.07, 6.45) is 4.00. The summed E-state index contributed by atoms with van der Waals surface area (Å²) in [6, 6.07) is 1.15. The Balaban J connectivity index is 1.84. The summed E-state index contributed by atoms with van der Waals surface area (Å²) in [7, 11) is 0. The predicted octanol–water partition coefficient (Wildman–Crippen LogP) is -0.648. The van der Waals surface area contributed by atoms with Crippen molar-refractivity contribution in [2.24, 2.45) is 0 Å². The molecule has 2 rings (SSSR count). The minimum Gasteiger partial charge on any atom is -0.273 e. The Hall–Kier alpha value is -2.18. The standard InChI is InChI=1S/C9H10N4O3/c14-7-8(15)13(9(16)11-7)6-2-5-12-4-1-3-10-12/h1,3-4H,2,5-6H2,(H,11,14,16). The second-order valence-corrected chi connectivity index (χ2v) is 3.34. The van der Waals surface area contributed by atoms with Gasteiger partial charge in [-0.1, -0.05) is 0 Å². The number of nitrogens with zero attached hydrogens (tertiary/aromatic N) is 3. The molecule has 1 fully saturated rings. The van der Waals surface area contributed by atoms with E-state index in [9.17, 15) is 14.4 Å². The molecule has 1 saturated heterocycles. The monoisotopic (exact) mass is 222 g/mol. The van der Waals surface area contributed by atoms with Crippen LogP contribution in [-0.2, 0) is 16.1 Å². The molecule has 84 valence electrons. The average molecular weight is 222 g/mol. The van der Waals surface area contributed by atoms with Crippen LogP contribution in [0.15, 0.2) is 18.5 Å². The van der Waals surface area contributed by atoms with Crippen molar-refractivity contribution in [3.8, 4) is 0 Å². The first-order chi connectivity index (χ1) is 7.68. The molecule has 0 aromatic carbocycles. The average Bonchev–Trinajstić information content (AvgIpc) is 2.82. The molecule has 1 N–H and O–H groups in total. The van der Waals surface area contributed by atoms with E-state index in [1.165, 1.54) is 0 Å². The van der Waals surface area contributed by atoms with E-state index in [0.29, 0.717) is 13.0 Å². The molecular weight excluding hydrogens is 212 g/mol. The Morgan fingerprint density at radius 2 is 2.06 bits per heavy atom. The number of hydrogen-bond donors (Lipinski definition) is 1. The van der Waals surface area contributed by atoms with Crippen LogP contribution in [0, 0.1) is 0 Å². The smallest absolute Gasteiger partial charge is 0.273 e. The van der Waals surface area contributed by atoms with Gasteiger partial charge in [0.1, 0.15) is 0 Å². The molecule has 7 heteroatoms. The summed E-state index contributed by atoms with van der Waals surface area (Å²) in [6.45, 7) is 0.814. The van der Waals surface area contributed by atoms with E-state index in [1.54, 1.807) is 23.1 Å². The lowest BCUT2D eigenvalue weighted by Gasteiger charge is -2.10. The van der Waals surface area contributed by atoms with Gasteiger partial charge in [-0.15, -0.1) is 0 Å². The van der Waals surface area contributed by atoms with Gasteiger partial charge in [-0.05, 0) is 12.5 Å². The van der Waals surface area contributed by atoms with E-state index in [-0.39, 0.29) is 6.54 Å². The van der Waals surface area contributed by atoms with Gasteiger partial charge in [-0.25, -0.2) is 4.79 Å². The maximum Gasteiger partial charge on any atom is 0.331 e. The van der Waals surface area contributed by atoms with Crippen molar-refractivity contribution in [1.29, 1.82) is 0 Å². The van der Waals surface area contributed by atoms with Crippen molar-refractivity contribution in [2.45, 2.75) is 13.0 Å². The molecule has 1 aromatic rings. The Morgan fingerprint density at radius 1 is 1.25 bits per heavy atom. The molecule has 1 aliphatic rings. The molecule has 2 heterocycles. The molecule has 1 aliphatic heterocycles. The van der Waals surface area contributed by atoms with Crippen molar-refractivity contribution in [3.63, 3.8) is 0 Å². The number of aryl methyl sites for hydroxylation is 1. The molecule has 0 unspecified atom stereocenters. The summed E-state index contributed by atoms with van der Waals surface area (Å²) in [4.78, 5) is 34.1. The topological polar surface area (TPSA) is 84.3 Å². The normalized spacial score (nSPS) is 15.8. The highest BCUT2D eigenvalue weighted by Gasteiger charge is 2.36. The Labute approximate surface area is 91.0 Å². The molecule has 4 amide bonds. The SMILES string of the molecule is O=C1NC(=O)N(CCCn2cccn2)C1=O. The fraction of sp³-hybridized carbons (Fsp3) is 0.333. The first kappa shape index (κ1) is 10.3. The van der Waals surface area contributed by atoms with Crippen LogP contribution in [0.5, 0.6) is 0 Å². The van der Waals surface area contributed by atoms with Crippen LogP contribution in [0.2, 0.25) is 0 Å².